The molecular formula is C10H9F3N2. The van der Waals surface area contributed by atoms with Gasteiger partial charge in [0, 0.05) is 11.8 Å². The third-order valence-electron chi connectivity index (χ3n) is 2.04. The fourth-order valence-electron chi connectivity index (χ4n) is 1.32. The van der Waals surface area contributed by atoms with E-state index in [-0.39, 0.29) is 12.4 Å². The molecule has 2 nitrogen and oxygen atoms in total. The largest absolute Gasteiger partial charge is 0.297 e. The van der Waals surface area contributed by atoms with Gasteiger partial charge in [0.25, 0.3) is 6.43 Å². The van der Waals surface area contributed by atoms with Crippen LogP contribution in [0.3, 0.4) is 0 Å². The molecule has 0 atom stereocenters. The van der Waals surface area contributed by atoms with Gasteiger partial charge in [0.05, 0.1) is 12.2 Å². The zero-order valence-electron chi connectivity index (χ0n) is 7.75. The monoisotopic (exact) mass is 214 g/mol. The molecule has 15 heavy (non-hydrogen) atoms. The van der Waals surface area contributed by atoms with E-state index in [2.05, 4.69) is 5.10 Å². The zero-order valence-corrected chi connectivity index (χ0v) is 7.75. The van der Waals surface area contributed by atoms with Crippen LogP contribution in [0.4, 0.5) is 13.2 Å². The molecule has 5 heteroatoms. The second-order valence-corrected chi connectivity index (χ2v) is 3.20. The van der Waals surface area contributed by atoms with Crippen LogP contribution >= 0.6 is 0 Å². The van der Waals surface area contributed by atoms with Crippen LogP contribution in [0, 0.1) is 5.82 Å². The molecule has 0 spiro atoms. The lowest BCUT2D eigenvalue weighted by Gasteiger charge is -2.15. The van der Waals surface area contributed by atoms with Crippen LogP contribution in [0.5, 0.6) is 0 Å². The van der Waals surface area contributed by atoms with Crippen LogP contribution in [0.15, 0.2) is 30.5 Å². The van der Waals surface area contributed by atoms with Crippen LogP contribution in [0.2, 0.25) is 0 Å². The van der Waals surface area contributed by atoms with Gasteiger partial charge in [-0.3, -0.25) is 9.78 Å². The summed E-state index contributed by atoms with van der Waals surface area (Å²) in [5.41, 5.74) is 1.50. The highest BCUT2D eigenvalue weighted by Gasteiger charge is 2.08. The maximum absolute atomic E-state index is 12.6. The second kappa shape index (κ2) is 3.84. The SMILES string of the molecule is Fc1ccc(-c2cn(CC(F)F)[nH]2)cc1. The fraction of sp³-hybridized carbons (Fsp3) is 0.200. The highest BCUT2D eigenvalue weighted by Crippen LogP contribution is 2.18. The molecule has 0 fully saturated rings. The summed E-state index contributed by atoms with van der Waals surface area (Å²) >= 11 is 0. The van der Waals surface area contributed by atoms with E-state index in [4.69, 9.17) is 0 Å². The summed E-state index contributed by atoms with van der Waals surface area (Å²) in [4.78, 5) is 0. The van der Waals surface area contributed by atoms with Crippen molar-refractivity contribution >= 4 is 0 Å². The number of benzene rings is 1. The van der Waals surface area contributed by atoms with E-state index in [1.807, 2.05) is 0 Å². The van der Waals surface area contributed by atoms with Crippen molar-refractivity contribution in [3.05, 3.63) is 36.3 Å². The fourth-order valence-corrected chi connectivity index (χ4v) is 1.32. The number of aromatic amines is 1. The third kappa shape index (κ3) is 2.23. The number of rotatable bonds is 3. The quantitative estimate of drug-likeness (QED) is 0.811. The van der Waals surface area contributed by atoms with Gasteiger partial charge in [0.2, 0.25) is 0 Å². The van der Waals surface area contributed by atoms with Gasteiger partial charge in [-0.1, -0.05) is 0 Å². The van der Waals surface area contributed by atoms with Gasteiger partial charge in [-0.15, -0.1) is 0 Å². The molecule has 0 saturated heterocycles. The van der Waals surface area contributed by atoms with Crippen LogP contribution in [-0.4, -0.2) is 16.2 Å². The van der Waals surface area contributed by atoms with E-state index in [1.54, 1.807) is 18.3 Å². The summed E-state index contributed by atoms with van der Waals surface area (Å²) in [6, 6.07) is 5.84. The van der Waals surface area contributed by atoms with Gasteiger partial charge in [0.15, 0.2) is 0 Å². The number of nitrogens with one attached hydrogen (secondary N) is 1. The van der Waals surface area contributed by atoms with E-state index in [9.17, 15) is 13.2 Å². The molecule has 80 valence electrons. The lowest BCUT2D eigenvalue weighted by molar-refractivity contribution is 0.119. The van der Waals surface area contributed by atoms with Crippen molar-refractivity contribution in [3.63, 3.8) is 0 Å². The molecule has 2 aromatic rings. The number of aromatic nitrogens is 2. The molecule has 0 bridgehead atoms. The molecule has 1 N–H and O–H groups in total. The number of hydrogen-bond donors (Lipinski definition) is 1. The van der Waals surface area contributed by atoms with E-state index in [0.717, 1.165) is 11.3 Å². The highest BCUT2D eigenvalue weighted by molar-refractivity contribution is 5.58. The summed E-state index contributed by atoms with van der Waals surface area (Å²) in [5, 5.41) is 2.74. The Balaban J connectivity index is 2.08. The van der Waals surface area contributed by atoms with Crippen molar-refractivity contribution in [3.8, 4) is 11.3 Å². The van der Waals surface area contributed by atoms with E-state index in [1.165, 1.54) is 16.8 Å². The van der Waals surface area contributed by atoms with Crippen molar-refractivity contribution in [2.45, 2.75) is 13.0 Å². The lowest BCUT2D eigenvalue weighted by atomic mass is 10.1. The Hall–Kier alpha value is -1.65. The molecule has 0 aliphatic carbocycles. The normalized spacial score (nSPS) is 11.2. The summed E-state index contributed by atoms with van der Waals surface area (Å²) in [5.74, 6) is -0.317. The van der Waals surface area contributed by atoms with Gasteiger partial charge in [-0.05, 0) is 24.3 Å². The first-order valence-electron chi connectivity index (χ1n) is 4.44. The smallest absolute Gasteiger partial charge is 0.257 e. The molecular weight excluding hydrogens is 205 g/mol. The van der Waals surface area contributed by atoms with Crippen molar-refractivity contribution in [1.82, 2.24) is 9.78 Å². The highest BCUT2D eigenvalue weighted by atomic mass is 19.3. The first kappa shape index (κ1) is 9.89. The maximum atomic E-state index is 12.6. The van der Waals surface area contributed by atoms with Crippen molar-refractivity contribution in [1.29, 1.82) is 0 Å². The van der Waals surface area contributed by atoms with Crippen LogP contribution < -0.4 is 0 Å². The lowest BCUT2D eigenvalue weighted by Crippen LogP contribution is -2.15. The molecule has 0 radical (unpaired) electrons. The minimum atomic E-state index is -2.37. The van der Waals surface area contributed by atoms with Crippen LogP contribution in [0.1, 0.15) is 0 Å². The van der Waals surface area contributed by atoms with Gasteiger partial charge >= 0.3 is 0 Å². The average Bonchev–Trinajstić information content (AvgIpc) is 2.12. The molecule has 0 aliphatic rings. The number of H-pyrrole nitrogens is 1. The van der Waals surface area contributed by atoms with Gasteiger partial charge in [0.1, 0.15) is 5.82 Å². The number of hydrogen-bond acceptors (Lipinski definition) is 0. The Kier molecular flexibility index (Phi) is 2.53. The Morgan fingerprint density at radius 1 is 1.20 bits per heavy atom. The molecule has 1 aromatic carbocycles. The van der Waals surface area contributed by atoms with Gasteiger partial charge < -0.3 is 0 Å². The van der Waals surface area contributed by atoms with Crippen LogP contribution in [0.25, 0.3) is 11.3 Å². The Labute approximate surface area is 84.3 Å². The summed E-state index contributed by atoms with van der Waals surface area (Å²) in [6.07, 6.45) is -0.803. The number of halogens is 3. The molecule has 0 amide bonds. The van der Waals surface area contributed by atoms with Gasteiger partial charge in [-0.25, -0.2) is 13.2 Å². The Morgan fingerprint density at radius 2 is 1.80 bits per heavy atom. The Morgan fingerprint density at radius 3 is 2.33 bits per heavy atom. The first-order valence-corrected chi connectivity index (χ1v) is 4.44. The predicted octanol–water partition coefficient (Wildman–Crippen LogP) is 2.89. The van der Waals surface area contributed by atoms with Gasteiger partial charge in [-0.2, -0.15) is 0 Å². The average molecular weight is 214 g/mol. The Bertz CT molecular complexity index is 416. The third-order valence-corrected chi connectivity index (χ3v) is 2.04. The zero-order chi connectivity index (χ0) is 10.8. The van der Waals surface area contributed by atoms with Crippen molar-refractivity contribution in [2.75, 3.05) is 0 Å². The predicted molar refractivity (Wildman–Crippen MR) is 50.2 cm³/mol. The van der Waals surface area contributed by atoms with Crippen LogP contribution in [-0.2, 0) is 6.54 Å². The summed E-state index contributed by atoms with van der Waals surface area (Å²) in [7, 11) is 0. The summed E-state index contributed by atoms with van der Waals surface area (Å²) < 4.78 is 37.7. The standard InChI is InChI=1S/C10H9F3N2/c11-8-3-1-7(2-4-8)9-5-15(14-9)6-10(12)13/h1-5,10,14H,6H2. The second-order valence-electron chi connectivity index (χ2n) is 3.20. The number of alkyl halides is 2. The van der Waals surface area contributed by atoms with E-state index < -0.39 is 6.43 Å². The molecule has 0 unspecified atom stereocenters. The van der Waals surface area contributed by atoms with E-state index in [0.29, 0.717) is 0 Å². The topological polar surface area (TPSA) is 20.7 Å². The minimum absolute atomic E-state index is 0.317. The molecule has 0 saturated carbocycles. The van der Waals surface area contributed by atoms with Crippen molar-refractivity contribution < 1.29 is 13.2 Å². The molecule has 1 heterocycles. The first-order chi connectivity index (χ1) is 7.15. The maximum Gasteiger partial charge on any atom is 0.257 e. The van der Waals surface area contributed by atoms with Crippen molar-refractivity contribution in [2.24, 2.45) is 0 Å². The summed E-state index contributed by atoms with van der Waals surface area (Å²) in [6.45, 7) is -0.343. The molecule has 2 rings (SSSR count). The minimum Gasteiger partial charge on any atom is -0.297 e. The van der Waals surface area contributed by atoms with E-state index >= 15 is 0 Å². The molecule has 1 aromatic heterocycles. The molecule has 0 aliphatic heterocycles. The number of nitrogens with zero attached hydrogens (tertiary/aromatic N) is 1.